The molecule has 2 heterocycles. The lowest BCUT2D eigenvalue weighted by Crippen LogP contribution is -2.20. The number of nitrogens with zero attached hydrogens (tertiary/aromatic N) is 2. The van der Waals surface area contributed by atoms with Gasteiger partial charge in [-0.3, -0.25) is 4.79 Å². The van der Waals surface area contributed by atoms with Crippen LogP contribution in [0.1, 0.15) is 10.5 Å². The molecule has 4 N–H and O–H groups in total. The molecule has 0 bridgehead atoms. The molecule has 0 radical (unpaired) electrons. The first-order valence-electron chi connectivity index (χ1n) is 9.35. The Bertz CT molecular complexity index is 1400. The Labute approximate surface area is 183 Å². The summed E-state index contributed by atoms with van der Waals surface area (Å²) in [7, 11) is 1.46. The first kappa shape index (κ1) is 21.3. The molecule has 4 rings (SSSR count). The number of aromatic carboxylic acids is 1. The maximum Gasteiger partial charge on any atom is 0.352 e. The van der Waals surface area contributed by atoms with Gasteiger partial charge in [-0.05, 0) is 36.4 Å². The van der Waals surface area contributed by atoms with E-state index in [1.54, 1.807) is 30.3 Å². The van der Waals surface area contributed by atoms with Gasteiger partial charge < -0.3 is 24.7 Å². The third-order valence-electron chi connectivity index (χ3n) is 4.67. The molecule has 0 aliphatic heterocycles. The Balaban J connectivity index is 1.93. The smallest absolute Gasteiger partial charge is 0.352 e. The summed E-state index contributed by atoms with van der Waals surface area (Å²) in [5.74, 6) is -0.442. The predicted octanol–water partition coefficient (Wildman–Crippen LogP) is 3.01. The van der Waals surface area contributed by atoms with Gasteiger partial charge in [0.05, 0.1) is 0 Å². The van der Waals surface area contributed by atoms with E-state index in [0.717, 1.165) is 4.68 Å². The number of rotatable bonds is 7. The lowest BCUT2D eigenvalue weighted by Gasteiger charge is -2.14. The monoisotopic (exact) mass is 454 g/mol. The Morgan fingerprint density at radius 1 is 1.22 bits per heavy atom. The van der Waals surface area contributed by atoms with Crippen LogP contribution in [0.3, 0.4) is 0 Å². The molecule has 0 spiro atoms. The van der Waals surface area contributed by atoms with Crippen LogP contribution in [-0.4, -0.2) is 40.5 Å². The lowest BCUT2D eigenvalue weighted by atomic mass is 10.1. The number of carboxylic acid groups (broad SMARTS) is 1. The van der Waals surface area contributed by atoms with E-state index >= 15 is 0 Å². The second-order valence-electron chi connectivity index (χ2n) is 6.82. The Kier molecular flexibility index (Phi) is 5.75. The average molecular weight is 454 g/mol. The Morgan fingerprint density at radius 2 is 1.97 bits per heavy atom. The van der Waals surface area contributed by atoms with E-state index in [1.165, 1.54) is 13.1 Å². The van der Waals surface area contributed by atoms with Crippen molar-refractivity contribution in [3.8, 4) is 22.8 Å². The Hall–Kier alpha value is -3.96. The summed E-state index contributed by atoms with van der Waals surface area (Å²) in [5.41, 5.74) is 0.745. The zero-order valence-corrected chi connectivity index (χ0v) is 17.5. The van der Waals surface area contributed by atoms with Crippen LogP contribution in [0.25, 0.3) is 22.2 Å². The minimum atomic E-state index is -2.06. The number of carbonyl (C=O) groups is 1. The van der Waals surface area contributed by atoms with E-state index in [9.17, 15) is 18.9 Å². The number of hydrogen-bond acceptors (Lipinski definition) is 6. The third kappa shape index (κ3) is 4.24. The van der Waals surface area contributed by atoms with Gasteiger partial charge in [-0.1, -0.05) is 18.2 Å². The van der Waals surface area contributed by atoms with Gasteiger partial charge in [0.15, 0.2) is 11.1 Å². The standard InChI is InChI=1S/C21H18N4O6S/c1-25-20(26)19-15(10-16(23-19)21(27)28)18(24-25)14-9-12(22-11-32(29)30)7-8-17(14)31-13-5-3-2-4-6-13/h2-10,22-23H,11H2,1H3,(H,27,28)(H,29,30). The first-order valence-corrected chi connectivity index (χ1v) is 10.6. The fourth-order valence-electron chi connectivity index (χ4n) is 3.21. The van der Waals surface area contributed by atoms with E-state index in [4.69, 9.17) is 9.29 Å². The normalized spacial score (nSPS) is 11.9. The third-order valence-corrected chi connectivity index (χ3v) is 5.06. The minimum absolute atomic E-state index is 0.0929. The van der Waals surface area contributed by atoms with Crippen molar-refractivity contribution in [1.82, 2.24) is 14.8 Å². The molecular formula is C21H18N4O6S. The molecule has 10 nitrogen and oxygen atoms in total. The van der Waals surface area contributed by atoms with Gasteiger partial charge in [-0.15, -0.1) is 0 Å². The fourth-order valence-corrected chi connectivity index (χ4v) is 3.50. The summed E-state index contributed by atoms with van der Waals surface area (Å²) in [4.78, 5) is 26.7. The SMILES string of the molecule is Cn1nc(-c2cc(NCS(=O)O)ccc2Oc2ccccc2)c2cc(C(=O)O)[nH]c2c1=O. The fraction of sp³-hybridized carbons (Fsp3) is 0.0952. The summed E-state index contributed by atoms with van der Waals surface area (Å²) in [5, 5.41) is 16.9. The molecule has 0 fully saturated rings. The highest BCUT2D eigenvalue weighted by atomic mass is 32.2. The van der Waals surface area contributed by atoms with E-state index in [1.807, 2.05) is 18.2 Å². The zero-order chi connectivity index (χ0) is 22.8. The van der Waals surface area contributed by atoms with Crippen LogP contribution in [0.2, 0.25) is 0 Å². The van der Waals surface area contributed by atoms with Gasteiger partial charge in [0.1, 0.15) is 34.3 Å². The quantitative estimate of drug-likeness (QED) is 0.312. The van der Waals surface area contributed by atoms with Crippen LogP contribution in [-0.2, 0) is 18.1 Å². The van der Waals surface area contributed by atoms with Gasteiger partial charge >= 0.3 is 5.97 Å². The molecular weight excluding hydrogens is 436 g/mol. The number of aromatic amines is 1. The number of hydrogen-bond donors (Lipinski definition) is 4. The van der Waals surface area contributed by atoms with Crippen molar-refractivity contribution in [3.05, 3.63) is 70.6 Å². The van der Waals surface area contributed by atoms with Crippen molar-refractivity contribution in [3.63, 3.8) is 0 Å². The number of nitrogens with one attached hydrogen (secondary N) is 2. The van der Waals surface area contributed by atoms with Crippen LogP contribution in [0.4, 0.5) is 5.69 Å². The van der Waals surface area contributed by atoms with Gasteiger partial charge in [-0.2, -0.15) is 5.10 Å². The number of anilines is 1. The number of para-hydroxylation sites is 1. The highest BCUT2D eigenvalue weighted by molar-refractivity contribution is 7.79. The number of carboxylic acids is 1. The van der Waals surface area contributed by atoms with Gasteiger partial charge in [-0.25, -0.2) is 13.7 Å². The van der Waals surface area contributed by atoms with Crippen LogP contribution in [0, 0.1) is 0 Å². The molecule has 32 heavy (non-hydrogen) atoms. The second-order valence-corrected chi connectivity index (χ2v) is 7.75. The minimum Gasteiger partial charge on any atom is -0.477 e. The van der Waals surface area contributed by atoms with Crippen molar-refractivity contribution in [1.29, 1.82) is 0 Å². The maximum absolute atomic E-state index is 12.5. The number of ether oxygens (including phenoxy) is 1. The Morgan fingerprint density at radius 3 is 2.66 bits per heavy atom. The van der Waals surface area contributed by atoms with Crippen LogP contribution in [0.5, 0.6) is 11.5 Å². The van der Waals surface area contributed by atoms with Gasteiger partial charge in [0, 0.05) is 23.7 Å². The van der Waals surface area contributed by atoms with Gasteiger partial charge in [0.2, 0.25) is 0 Å². The molecule has 1 unspecified atom stereocenters. The topological polar surface area (TPSA) is 147 Å². The molecule has 0 amide bonds. The molecule has 2 aromatic heterocycles. The summed E-state index contributed by atoms with van der Waals surface area (Å²) in [6.07, 6.45) is 0. The summed E-state index contributed by atoms with van der Waals surface area (Å²) < 4.78 is 27.3. The van der Waals surface area contributed by atoms with Crippen LogP contribution >= 0.6 is 0 Å². The number of aromatic nitrogens is 3. The van der Waals surface area contributed by atoms with Crippen molar-refractivity contribution in [2.75, 3.05) is 11.2 Å². The van der Waals surface area contributed by atoms with E-state index < -0.39 is 22.6 Å². The van der Waals surface area contributed by atoms with Crippen molar-refractivity contribution >= 4 is 33.6 Å². The van der Waals surface area contributed by atoms with Crippen molar-refractivity contribution < 1.29 is 23.4 Å². The molecule has 11 heteroatoms. The molecule has 2 aromatic carbocycles. The molecule has 1 atom stereocenters. The van der Waals surface area contributed by atoms with Crippen LogP contribution in [0.15, 0.2) is 59.4 Å². The number of benzene rings is 2. The first-order chi connectivity index (χ1) is 15.3. The number of H-pyrrole nitrogens is 1. The molecule has 0 aliphatic carbocycles. The largest absolute Gasteiger partial charge is 0.477 e. The van der Waals surface area contributed by atoms with Crippen molar-refractivity contribution in [2.24, 2.45) is 7.05 Å². The summed E-state index contributed by atoms with van der Waals surface area (Å²) in [6, 6.07) is 15.4. The number of aryl methyl sites for hydroxylation is 1. The zero-order valence-electron chi connectivity index (χ0n) is 16.7. The summed E-state index contributed by atoms with van der Waals surface area (Å²) >= 11 is -2.06. The summed E-state index contributed by atoms with van der Waals surface area (Å²) in [6.45, 7) is 0. The predicted molar refractivity (Wildman–Crippen MR) is 120 cm³/mol. The maximum atomic E-state index is 12.5. The van der Waals surface area contributed by atoms with E-state index in [2.05, 4.69) is 15.4 Å². The second kappa shape index (κ2) is 8.65. The van der Waals surface area contributed by atoms with Gasteiger partial charge in [0.25, 0.3) is 5.56 Å². The molecule has 0 saturated carbocycles. The van der Waals surface area contributed by atoms with E-state index in [-0.39, 0.29) is 17.1 Å². The highest BCUT2D eigenvalue weighted by Gasteiger charge is 2.20. The lowest BCUT2D eigenvalue weighted by molar-refractivity contribution is 0.0691. The number of fused-ring (bicyclic) bond motifs is 1. The van der Waals surface area contributed by atoms with Crippen molar-refractivity contribution in [2.45, 2.75) is 0 Å². The molecule has 4 aromatic rings. The molecule has 164 valence electrons. The van der Waals surface area contributed by atoms with Crippen LogP contribution < -0.4 is 15.6 Å². The highest BCUT2D eigenvalue weighted by Crippen LogP contribution is 2.37. The van der Waals surface area contributed by atoms with E-state index in [0.29, 0.717) is 33.8 Å². The average Bonchev–Trinajstić information content (AvgIpc) is 3.22. The molecule has 0 aliphatic rings. The molecule has 0 saturated heterocycles.